The van der Waals surface area contributed by atoms with Gasteiger partial charge in [-0.1, -0.05) is 0 Å². The van der Waals surface area contributed by atoms with Gasteiger partial charge in [-0.15, -0.1) is 10.2 Å². The summed E-state index contributed by atoms with van der Waals surface area (Å²) in [6, 6.07) is 4.19. The first-order valence-electron chi connectivity index (χ1n) is 8.29. The number of aromatic amines is 2. The molecule has 0 saturated carbocycles. The van der Waals surface area contributed by atoms with E-state index < -0.39 is 11.6 Å². The second-order valence-electron chi connectivity index (χ2n) is 5.96. The van der Waals surface area contributed by atoms with Gasteiger partial charge in [0.1, 0.15) is 11.5 Å². The van der Waals surface area contributed by atoms with E-state index in [1.54, 1.807) is 12.1 Å². The Morgan fingerprint density at radius 3 is 2.55 bits per heavy atom. The topological polar surface area (TPSA) is 134 Å². The van der Waals surface area contributed by atoms with E-state index in [9.17, 15) is 8.78 Å². The highest BCUT2D eigenvalue weighted by atomic mass is 19.1. The first-order valence-corrected chi connectivity index (χ1v) is 8.29. The van der Waals surface area contributed by atoms with E-state index >= 15 is 0 Å². The molecule has 0 amide bonds. The first-order chi connectivity index (χ1) is 14.2. The lowest BCUT2D eigenvalue weighted by Gasteiger charge is -2.09. The minimum Gasteiger partial charge on any atom is -0.345 e. The Bertz CT molecular complexity index is 1300. The van der Waals surface area contributed by atoms with E-state index in [0.29, 0.717) is 39.6 Å². The Morgan fingerprint density at radius 2 is 1.79 bits per heavy atom. The van der Waals surface area contributed by atoms with E-state index in [1.165, 1.54) is 18.7 Å². The number of rotatable bonds is 4. The number of fused-ring (bicyclic) bond motifs is 1. The Kier molecular flexibility index (Phi) is 3.86. The zero-order chi connectivity index (χ0) is 19.8. The van der Waals surface area contributed by atoms with Gasteiger partial charge in [0, 0.05) is 29.7 Å². The Labute approximate surface area is 160 Å². The average molecular weight is 392 g/mol. The van der Waals surface area contributed by atoms with Crippen molar-refractivity contribution in [3.05, 3.63) is 54.8 Å². The lowest BCUT2D eigenvalue weighted by atomic mass is 10.1. The lowest BCUT2D eigenvalue weighted by Crippen LogP contribution is -1.99. The van der Waals surface area contributed by atoms with E-state index in [2.05, 4.69) is 50.9 Å². The third-order valence-electron chi connectivity index (χ3n) is 4.10. The Balaban J connectivity index is 1.52. The summed E-state index contributed by atoms with van der Waals surface area (Å²) in [5, 5.41) is 16.6. The van der Waals surface area contributed by atoms with Crippen LogP contribution < -0.4 is 5.32 Å². The predicted molar refractivity (Wildman–Crippen MR) is 97.7 cm³/mol. The van der Waals surface area contributed by atoms with Gasteiger partial charge in [0.2, 0.25) is 11.8 Å². The number of tetrazole rings is 1. The molecule has 1 aromatic carbocycles. The van der Waals surface area contributed by atoms with Gasteiger partial charge in [-0.3, -0.25) is 4.98 Å². The van der Waals surface area contributed by atoms with Gasteiger partial charge in [0.15, 0.2) is 5.82 Å². The number of hydrogen-bond acceptors (Lipinski definition) is 8. The smallest absolute Gasteiger partial charge is 0.227 e. The highest BCUT2D eigenvalue weighted by Crippen LogP contribution is 2.31. The predicted octanol–water partition coefficient (Wildman–Crippen LogP) is 2.62. The van der Waals surface area contributed by atoms with Gasteiger partial charge in [-0.25, -0.2) is 23.7 Å². The molecule has 5 rings (SSSR count). The number of halogens is 2. The van der Waals surface area contributed by atoms with Crippen molar-refractivity contribution in [2.75, 3.05) is 5.32 Å². The van der Waals surface area contributed by atoms with Gasteiger partial charge in [-0.2, -0.15) is 5.21 Å². The van der Waals surface area contributed by atoms with Crippen molar-refractivity contribution in [3.63, 3.8) is 0 Å². The summed E-state index contributed by atoms with van der Waals surface area (Å²) in [4.78, 5) is 19.5. The van der Waals surface area contributed by atoms with Crippen molar-refractivity contribution in [1.29, 1.82) is 0 Å². The van der Waals surface area contributed by atoms with E-state index in [1.807, 2.05) is 0 Å². The molecule has 0 spiro atoms. The van der Waals surface area contributed by atoms with Crippen molar-refractivity contribution >= 4 is 22.7 Å². The number of pyridine rings is 1. The zero-order valence-electron chi connectivity index (χ0n) is 14.4. The number of aromatic nitrogens is 9. The molecule has 0 aliphatic heterocycles. The molecule has 0 radical (unpaired) electrons. The standard InChI is InChI=1S/C17H10F2N10/c18-9-1-12(19)14(20-6-9)11-2-10(3-13-15(11)24-7-23-13)25-17-21-4-8(5-22-17)16-26-28-29-27-16/h1-7H,(H,23,24)(H,21,22,25)(H,26,27,28,29). The molecule has 0 fully saturated rings. The molecule has 4 heterocycles. The Morgan fingerprint density at radius 1 is 0.931 bits per heavy atom. The molecule has 4 aromatic heterocycles. The molecule has 0 unspecified atom stereocenters. The fourth-order valence-corrected chi connectivity index (χ4v) is 2.84. The van der Waals surface area contributed by atoms with Crippen molar-refractivity contribution in [2.45, 2.75) is 0 Å². The van der Waals surface area contributed by atoms with Crippen LogP contribution in [0.3, 0.4) is 0 Å². The van der Waals surface area contributed by atoms with Crippen LogP contribution in [0.15, 0.2) is 43.1 Å². The molecule has 3 N–H and O–H groups in total. The van der Waals surface area contributed by atoms with Crippen LogP contribution in [0.25, 0.3) is 33.7 Å². The van der Waals surface area contributed by atoms with Crippen LogP contribution in [0.4, 0.5) is 20.4 Å². The first kappa shape index (κ1) is 16.8. The number of imidazole rings is 1. The molecular weight excluding hydrogens is 382 g/mol. The molecule has 0 bridgehead atoms. The molecule has 5 aromatic rings. The molecule has 142 valence electrons. The summed E-state index contributed by atoms with van der Waals surface area (Å²) in [6.07, 6.45) is 5.51. The summed E-state index contributed by atoms with van der Waals surface area (Å²) >= 11 is 0. The quantitative estimate of drug-likeness (QED) is 0.425. The molecule has 10 nitrogen and oxygen atoms in total. The number of nitrogens with one attached hydrogen (secondary N) is 3. The van der Waals surface area contributed by atoms with Crippen LogP contribution in [-0.4, -0.2) is 45.5 Å². The fourth-order valence-electron chi connectivity index (χ4n) is 2.84. The second-order valence-corrected chi connectivity index (χ2v) is 5.96. The SMILES string of the molecule is Fc1cnc(-c2cc(Nc3ncc(-c4nn[nH]n4)cn3)cc3[nH]cnc23)c(F)c1. The third-order valence-corrected chi connectivity index (χ3v) is 4.10. The fraction of sp³-hybridized carbons (Fsp3) is 0. The third kappa shape index (κ3) is 3.12. The van der Waals surface area contributed by atoms with Crippen LogP contribution in [0.1, 0.15) is 0 Å². The van der Waals surface area contributed by atoms with Crippen molar-refractivity contribution in [3.8, 4) is 22.6 Å². The highest BCUT2D eigenvalue weighted by molar-refractivity contribution is 5.94. The van der Waals surface area contributed by atoms with Crippen molar-refractivity contribution in [2.24, 2.45) is 0 Å². The monoisotopic (exact) mass is 392 g/mol. The van der Waals surface area contributed by atoms with Gasteiger partial charge in [-0.05, 0) is 17.3 Å². The average Bonchev–Trinajstić information content (AvgIpc) is 3.40. The zero-order valence-corrected chi connectivity index (χ0v) is 14.4. The normalized spacial score (nSPS) is 11.1. The van der Waals surface area contributed by atoms with Crippen molar-refractivity contribution in [1.82, 2.24) is 45.5 Å². The summed E-state index contributed by atoms with van der Waals surface area (Å²) < 4.78 is 27.6. The van der Waals surface area contributed by atoms with Gasteiger partial charge < -0.3 is 10.3 Å². The highest BCUT2D eigenvalue weighted by Gasteiger charge is 2.15. The maximum absolute atomic E-state index is 14.3. The summed E-state index contributed by atoms with van der Waals surface area (Å²) in [5.41, 5.74) is 2.68. The van der Waals surface area contributed by atoms with Crippen LogP contribution in [-0.2, 0) is 0 Å². The minimum absolute atomic E-state index is 0.0134. The molecule has 0 atom stereocenters. The lowest BCUT2D eigenvalue weighted by molar-refractivity contribution is 0.576. The minimum atomic E-state index is -0.785. The summed E-state index contributed by atoms with van der Waals surface area (Å²) in [5.74, 6) is -0.869. The molecular formula is C17H10F2N10. The van der Waals surface area contributed by atoms with E-state index in [0.717, 1.165) is 12.3 Å². The van der Waals surface area contributed by atoms with Crippen LogP contribution in [0.2, 0.25) is 0 Å². The van der Waals surface area contributed by atoms with Gasteiger partial charge in [0.05, 0.1) is 29.1 Å². The van der Waals surface area contributed by atoms with E-state index in [-0.39, 0.29) is 5.69 Å². The molecule has 0 aliphatic rings. The van der Waals surface area contributed by atoms with Crippen LogP contribution in [0, 0.1) is 11.6 Å². The van der Waals surface area contributed by atoms with Crippen molar-refractivity contribution < 1.29 is 8.78 Å². The summed E-state index contributed by atoms with van der Waals surface area (Å²) in [7, 11) is 0. The number of nitrogens with zero attached hydrogens (tertiary/aromatic N) is 7. The van der Waals surface area contributed by atoms with E-state index in [4.69, 9.17) is 0 Å². The number of H-pyrrole nitrogens is 2. The molecule has 12 heteroatoms. The van der Waals surface area contributed by atoms with Gasteiger partial charge in [0.25, 0.3) is 0 Å². The number of hydrogen-bond donors (Lipinski definition) is 3. The molecule has 0 aliphatic carbocycles. The number of benzene rings is 1. The maximum Gasteiger partial charge on any atom is 0.227 e. The second kappa shape index (κ2) is 6.67. The number of anilines is 2. The molecule has 0 saturated heterocycles. The maximum atomic E-state index is 14.3. The Hall–Kier alpha value is -4.35. The van der Waals surface area contributed by atoms with Crippen LogP contribution in [0.5, 0.6) is 0 Å². The summed E-state index contributed by atoms with van der Waals surface area (Å²) in [6.45, 7) is 0. The van der Waals surface area contributed by atoms with Gasteiger partial charge >= 0.3 is 0 Å². The van der Waals surface area contributed by atoms with Crippen LogP contribution >= 0.6 is 0 Å². The molecule has 29 heavy (non-hydrogen) atoms. The largest absolute Gasteiger partial charge is 0.345 e.